The molecule has 0 aliphatic heterocycles. The number of carbonyl (C=O) groups is 1. The molecule has 4 nitrogen and oxygen atoms in total. The molecule has 1 unspecified atom stereocenters. The molecule has 2 aromatic rings. The maximum atomic E-state index is 12.7. The molecule has 0 saturated heterocycles. The third-order valence-corrected chi connectivity index (χ3v) is 6.27. The largest absolute Gasteiger partial charge is 0.422 e. The number of rotatable bonds is 5. The third kappa shape index (κ3) is 3.79. The molecule has 0 aliphatic rings. The van der Waals surface area contributed by atoms with Crippen LogP contribution in [0.15, 0.2) is 59.5 Å². The summed E-state index contributed by atoms with van der Waals surface area (Å²) < 4.78 is 30.8. The summed E-state index contributed by atoms with van der Waals surface area (Å²) in [7, 11) is -3.57. The zero-order valence-corrected chi connectivity index (χ0v) is 14.2. The van der Waals surface area contributed by atoms with E-state index in [1.807, 2.05) is 13.8 Å². The number of hydrogen-bond donors (Lipinski definition) is 0. The summed E-state index contributed by atoms with van der Waals surface area (Å²) in [6, 6.07) is 14.7. The van der Waals surface area contributed by atoms with Gasteiger partial charge in [-0.2, -0.15) is 0 Å². The van der Waals surface area contributed by atoms with Gasteiger partial charge in [0.25, 0.3) is 0 Å². The number of benzene rings is 2. The fourth-order valence-corrected chi connectivity index (χ4v) is 3.84. The topological polar surface area (TPSA) is 60.4 Å². The molecule has 0 radical (unpaired) electrons. The Morgan fingerprint density at radius 1 is 0.913 bits per heavy atom. The molecule has 0 aliphatic carbocycles. The second-order valence-corrected chi connectivity index (χ2v) is 7.97. The Kier molecular flexibility index (Phi) is 5.21. The highest BCUT2D eigenvalue weighted by atomic mass is 32.2. The lowest BCUT2D eigenvalue weighted by Gasteiger charge is -2.18. The van der Waals surface area contributed by atoms with Crippen LogP contribution in [0.3, 0.4) is 0 Å². The van der Waals surface area contributed by atoms with E-state index in [9.17, 15) is 13.2 Å². The Hall–Kier alpha value is -2.14. The van der Waals surface area contributed by atoms with Gasteiger partial charge in [0.05, 0.1) is 10.8 Å². The van der Waals surface area contributed by atoms with Crippen LogP contribution in [-0.2, 0) is 9.84 Å². The van der Waals surface area contributed by atoms with Crippen LogP contribution in [0.25, 0.3) is 0 Å². The van der Waals surface area contributed by atoms with Crippen LogP contribution in [0.5, 0.6) is 5.75 Å². The third-order valence-electron chi connectivity index (χ3n) is 3.80. The van der Waals surface area contributed by atoms with Gasteiger partial charge in [0.15, 0.2) is 9.84 Å². The number of para-hydroxylation sites is 1. The highest BCUT2D eigenvalue weighted by molar-refractivity contribution is 7.92. The number of esters is 1. The van der Waals surface area contributed by atoms with Crippen LogP contribution in [0.2, 0.25) is 0 Å². The number of carbonyl (C=O) groups excluding carboxylic acids is 1. The maximum absolute atomic E-state index is 12.7. The zero-order valence-electron chi connectivity index (χ0n) is 13.4. The van der Waals surface area contributed by atoms with Crippen molar-refractivity contribution < 1.29 is 17.9 Å². The van der Waals surface area contributed by atoms with Crippen LogP contribution in [0.4, 0.5) is 0 Å². The number of sulfone groups is 1. The minimum absolute atomic E-state index is 0.0436. The molecule has 0 aromatic heterocycles. The van der Waals surface area contributed by atoms with Crippen LogP contribution < -0.4 is 4.74 Å². The molecule has 0 amide bonds. The molecule has 0 fully saturated rings. The minimum Gasteiger partial charge on any atom is -0.422 e. The van der Waals surface area contributed by atoms with Crippen molar-refractivity contribution in [2.45, 2.75) is 30.9 Å². The second-order valence-electron chi connectivity index (χ2n) is 5.70. The second kappa shape index (κ2) is 6.96. The first kappa shape index (κ1) is 17.2. The standard InChI is InChI=1S/C18H20O4S/c1-13(2)14(3)23(20,21)17-12-8-7-11-16(17)22-18(19)15-9-5-4-6-10-15/h4-14H,1-3H3. The molecular formula is C18H20O4S. The summed E-state index contributed by atoms with van der Waals surface area (Å²) in [4.78, 5) is 12.2. The zero-order chi connectivity index (χ0) is 17.0. The van der Waals surface area contributed by atoms with E-state index >= 15 is 0 Å². The Morgan fingerprint density at radius 2 is 1.48 bits per heavy atom. The van der Waals surface area contributed by atoms with Gasteiger partial charge in [-0.15, -0.1) is 0 Å². The van der Waals surface area contributed by atoms with Gasteiger partial charge < -0.3 is 4.74 Å². The van der Waals surface area contributed by atoms with Crippen LogP contribution in [0, 0.1) is 5.92 Å². The minimum atomic E-state index is -3.57. The fourth-order valence-electron chi connectivity index (χ4n) is 2.06. The van der Waals surface area contributed by atoms with Crippen molar-refractivity contribution in [3.63, 3.8) is 0 Å². The molecule has 23 heavy (non-hydrogen) atoms. The summed E-state index contributed by atoms with van der Waals surface area (Å²) in [5.41, 5.74) is 0.372. The molecule has 2 rings (SSSR count). The predicted molar refractivity (Wildman–Crippen MR) is 89.3 cm³/mol. The van der Waals surface area contributed by atoms with Crippen LogP contribution in [-0.4, -0.2) is 19.6 Å². The molecule has 2 aromatic carbocycles. The van der Waals surface area contributed by atoms with E-state index in [1.165, 1.54) is 12.1 Å². The highest BCUT2D eigenvalue weighted by Crippen LogP contribution is 2.29. The van der Waals surface area contributed by atoms with E-state index in [2.05, 4.69) is 0 Å². The smallest absolute Gasteiger partial charge is 0.343 e. The first-order valence-electron chi connectivity index (χ1n) is 7.44. The lowest BCUT2D eigenvalue weighted by molar-refractivity contribution is 0.0730. The average Bonchev–Trinajstić information content (AvgIpc) is 2.55. The highest BCUT2D eigenvalue weighted by Gasteiger charge is 2.29. The van der Waals surface area contributed by atoms with Gasteiger partial charge in [-0.05, 0) is 37.1 Å². The first-order chi connectivity index (χ1) is 10.8. The lowest BCUT2D eigenvalue weighted by Crippen LogP contribution is -2.24. The molecule has 0 bridgehead atoms. The Morgan fingerprint density at radius 3 is 2.09 bits per heavy atom. The molecule has 0 N–H and O–H groups in total. The van der Waals surface area contributed by atoms with Gasteiger partial charge in [-0.25, -0.2) is 13.2 Å². The molecular weight excluding hydrogens is 312 g/mol. The number of hydrogen-bond acceptors (Lipinski definition) is 4. The first-order valence-corrected chi connectivity index (χ1v) is 8.99. The Balaban J connectivity index is 2.37. The van der Waals surface area contributed by atoms with Crippen molar-refractivity contribution in [3.05, 3.63) is 60.2 Å². The van der Waals surface area contributed by atoms with E-state index < -0.39 is 21.1 Å². The van der Waals surface area contributed by atoms with E-state index in [-0.39, 0.29) is 16.6 Å². The van der Waals surface area contributed by atoms with E-state index in [1.54, 1.807) is 49.4 Å². The van der Waals surface area contributed by atoms with Crippen molar-refractivity contribution >= 4 is 15.8 Å². The van der Waals surface area contributed by atoms with Gasteiger partial charge in [-0.1, -0.05) is 44.2 Å². The summed E-state index contributed by atoms with van der Waals surface area (Å²) >= 11 is 0. The summed E-state index contributed by atoms with van der Waals surface area (Å²) in [5.74, 6) is -0.558. The summed E-state index contributed by atoms with van der Waals surface area (Å²) in [6.45, 7) is 5.36. The van der Waals surface area contributed by atoms with Gasteiger partial charge in [-0.3, -0.25) is 0 Å². The quantitative estimate of drug-likeness (QED) is 0.618. The lowest BCUT2D eigenvalue weighted by atomic mass is 10.2. The molecule has 122 valence electrons. The van der Waals surface area contributed by atoms with Crippen LogP contribution >= 0.6 is 0 Å². The van der Waals surface area contributed by atoms with Crippen molar-refractivity contribution in [3.8, 4) is 5.75 Å². The Bertz CT molecular complexity index is 780. The Labute approximate surface area is 137 Å². The van der Waals surface area contributed by atoms with Gasteiger partial charge >= 0.3 is 5.97 Å². The van der Waals surface area contributed by atoms with Crippen molar-refractivity contribution in [2.24, 2.45) is 5.92 Å². The van der Waals surface area contributed by atoms with E-state index in [4.69, 9.17) is 4.74 Å². The molecule has 0 heterocycles. The average molecular weight is 332 g/mol. The maximum Gasteiger partial charge on any atom is 0.343 e. The molecule has 1 atom stereocenters. The molecule has 0 saturated carbocycles. The predicted octanol–water partition coefficient (Wildman–Crippen LogP) is 3.72. The number of ether oxygens (including phenoxy) is 1. The van der Waals surface area contributed by atoms with Crippen LogP contribution in [0.1, 0.15) is 31.1 Å². The van der Waals surface area contributed by atoms with Crippen molar-refractivity contribution in [1.29, 1.82) is 0 Å². The van der Waals surface area contributed by atoms with Gasteiger partial charge in [0, 0.05) is 0 Å². The van der Waals surface area contributed by atoms with E-state index in [0.29, 0.717) is 5.56 Å². The molecule has 0 spiro atoms. The molecule has 5 heteroatoms. The van der Waals surface area contributed by atoms with Crippen molar-refractivity contribution in [2.75, 3.05) is 0 Å². The van der Waals surface area contributed by atoms with Gasteiger partial charge in [0.1, 0.15) is 10.6 Å². The summed E-state index contributed by atoms with van der Waals surface area (Å²) in [5, 5.41) is -0.570. The summed E-state index contributed by atoms with van der Waals surface area (Å²) in [6.07, 6.45) is 0. The monoisotopic (exact) mass is 332 g/mol. The fraction of sp³-hybridized carbons (Fsp3) is 0.278. The van der Waals surface area contributed by atoms with E-state index in [0.717, 1.165) is 0 Å². The van der Waals surface area contributed by atoms with Gasteiger partial charge in [0.2, 0.25) is 0 Å². The normalized spacial score (nSPS) is 12.9. The SMILES string of the molecule is CC(C)C(C)S(=O)(=O)c1ccccc1OC(=O)c1ccccc1. The van der Waals surface area contributed by atoms with Crippen molar-refractivity contribution in [1.82, 2.24) is 0 Å².